The minimum absolute atomic E-state index is 0.0275. The summed E-state index contributed by atoms with van der Waals surface area (Å²) in [6.07, 6.45) is -5.94. The van der Waals surface area contributed by atoms with Crippen molar-refractivity contribution in [2.45, 2.75) is 238 Å². The maximum absolute atomic E-state index is 13.0. The standard InChI is InChI=1S/C50H89NO19/c1-11-17-23-57-29-36-41(44(59-25-19-13-3)46(48(56)66-36)61-27-21-15-5)70-50-47(62-28-22-16-6)45(60-26-20-14-4)42(37(68-50)30-58-24-18-12-2)69-49-39(51-32(7)52)43(65-35(10)55)40(64-34(9)54)38(67-49)31-63-33(8)53/h36-50,56H,11-31H2,1-10H3,(H,51,52)/t36?,37?,38?,39-,40-,41+,42-,43?,44?,45-,46?,47-,48+,49-,50?/m0/s1. The molecule has 20 nitrogen and oxygen atoms in total. The van der Waals surface area contributed by atoms with E-state index in [0.717, 1.165) is 64.2 Å². The molecule has 0 radical (unpaired) electrons. The summed E-state index contributed by atoms with van der Waals surface area (Å²) in [6, 6.07) is -1.28. The van der Waals surface area contributed by atoms with Crippen molar-refractivity contribution in [2.75, 3.05) is 59.5 Å². The topological polar surface area (TPSA) is 230 Å². The molecule has 0 aromatic heterocycles. The van der Waals surface area contributed by atoms with Gasteiger partial charge in [-0.1, -0.05) is 80.1 Å². The van der Waals surface area contributed by atoms with E-state index in [0.29, 0.717) is 39.3 Å². The summed E-state index contributed by atoms with van der Waals surface area (Å²) in [4.78, 5) is 50.5. The molecule has 0 spiro atoms. The van der Waals surface area contributed by atoms with Crippen molar-refractivity contribution in [3.63, 3.8) is 0 Å². The van der Waals surface area contributed by atoms with E-state index in [1.165, 1.54) is 27.7 Å². The van der Waals surface area contributed by atoms with Crippen LogP contribution in [0, 0.1) is 0 Å². The number of aliphatic hydroxyl groups excluding tert-OH is 1. The lowest BCUT2D eigenvalue weighted by Gasteiger charge is -2.51. The molecule has 70 heavy (non-hydrogen) atoms. The third-order valence-electron chi connectivity index (χ3n) is 11.9. The molecule has 0 saturated carbocycles. The quantitative estimate of drug-likeness (QED) is 0.0470. The lowest BCUT2D eigenvalue weighted by Crippen LogP contribution is -2.70. The van der Waals surface area contributed by atoms with Crippen molar-refractivity contribution in [3.05, 3.63) is 0 Å². The molecule has 0 aromatic carbocycles. The van der Waals surface area contributed by atoms with E-state index in [4.69, 9.17) is 66.3 Å². The fourth-order valence-electron chi connectivity index (χ4n) is 8.28. The van der Waals surface area contributed by atoms with Gasteiger partial charge in [-0.2, -0.15) is 0 Å². The van der Waals surface area contributed by atoms with E-state index in [1.807, 2.05) is 20.8 Å². The number of hydrogen-bond acceptors (Lipinski definition) is 19. The second kappa shape index (κ2) is 34.8. The molecule has 0 bridgehead atoms. The molecule has 3 aliphatic heterocycles. The van der Waals surface area contributed by atoms with Crippen molar-refractivity contribution in [3.8, 4) is 0 Å². The predicted octanol–water partition coefficient (Wildman–Crippen LogP) is 5.23. The van der Waals surface area contributed by atoms with Crippen LogP contribution in [0.5, 0.6) is 0 Å². The van der Waals surface area contributed by atoms with Crippen LogP contribution in [0.3, 0.4) is 0 Å². The first kappa shape index (κ1) is 61.7. The lowest BCUT2D eigenvalue weighted by molar-refractivity contribution is -0.383. The van der Waals surface area contributed by atoms with Gasteiger partial charge in [0.2, 0.25) is 5.91 Å². The normalized spacial score (nSPS) is 31.2. The predicted molar refractivity (Wildman–Crippen MR) is 253 cm³/mol. The number of rotatable bonds is 35. The van der Waals surface area contributed by atoms with E-state index in [2.05, 4.69) is 26.1 Å². The van der Waals surface area contributed by atoms with Crippen LogP contribution in [0.15, 0.2) is 0 Å². The van der Waals surface area contributed by atoms with Gasteiger partial charge in [-0.05, 0) is 38.5 Å². The number of amides is 1. The summed E-state index contributed by atoms with van der Waals surface area (Å²) in [5, 5.41) is 14.3. The Morgan fingerprint density at radius 2 is 0.843 bits per heavy atom. The minimum atomic E-state index is -1.46. The molecular formula is C50H89NO19. The Morgan fingerprint density at radius 1 is 0.443 bits per heavy atom. The largest absolute Gasteiger partial charge is 0.463 e. The molecule has 7 unspecified atom stereocenters. The van der Waals surface area contributed by atoms with Gasteiger partial charge in [-0.3, -0.25) is 19.2 Å². The van der Waals surface area contributed by atoms with Crippen molar-refractivity contribution in [2.24, 2.45) is 0 Å². The highest BCUT2D eigenvalue weighted by molar-refractivity contribution is 5.73. The van der Waals surface area contributed by atoms with Gasteiger partial charge >= 0.3 is 17.9 Å². The number of carbonyl (C=O) groups is 4. The molecule has 408 valence electrons. The van der Waals surface area contributed by atoms with E-state index >= 15 is 0 Å². The number of nitrogens with one attached hydrogen (secondary N) is 1. The van der Waals surface area contributed by atoms with Gasteiger partial charge in [0.15, 0.2) is 31.1 Å². The zero-order chi connectivity index (χ0) is 51.4. The molecular weight excluding hydrogens is 919 g/mol. The smallest absolute Gasteiger partial charge is 0.303 e. The number of carbonyl (C=O) groups excluding carboxylic acids is 4. The van der Waals surface area contributed by atoms with E-state index in [-0.39, 0.29) is 26.4 Å². The Morgan fingerprint density at radius 3 is 1.31 bits per heavy atom. The summed E-state index contributed by atoms with van der Waals surface area (Å²) in [7, 11) is 0. The molecule has 3 saturated heterocycles. The van der Waals surface area contributed by atoms with Crippen LogP contribution in [0.2, 0.25) is 0 Å². The van der Waals surface area contributed by atoms with Crippen molar-refractivity contribution in [1.82, 2.24) is 5.32 Å². The van der Waals surface area contributed by atoms with Crippen molar-refractivity contribution >= 4 is 23.8 Å². The third kappa shape index (κ3) is 20.7. The molecule has 20 heteroatoms. The number of unbranched alkanes of at least 4 members (excludes halogenated alkanes) is 6. The monoisotopic (exact) mass is 1010 g/mol. The zero-order valence-corrected chi connectivity index (χ0v) is 43.8. The summed E-state index contributed by atoms with van der Waals surface area (Å²) in [6.45, 7) is 18.9. The first-order valence-corrected chi connectivity index (χ1v) is 26.1. The van der Waals surface area contributed by atoms with Crippen LogP contribution >= 0.6 is 0 Å². The van der Waals surface area contributed by atoms with E-state index in [1.54, 1.807) is 0 Å². The van der Waals surface area contributed by atoms with Crippen LogP contribution in [0.25, 0.3) is 0 Å². The Labute approximate surface area is 416 Å². The molecule has 3 heterocycles. The minimum Gasteiger partial charge on any atom is -0.463 e. The number of hydrogen-bond donors (Lipinski definition) is 2. The number of ether oxygens (including phenoxy) is 14. The Hall–Kier alpha value is -2.60. The average Bonchev–Trinajstić information content (AvgIpc) is 3.30. The van der Waals surface area contributed by atoms with Gasteiger partial charge in [0.25, 0.3) is 0 Å². The highest BCUT2D eigenvalue weighted by Crippen LogP contribution is 2.37. The average molecular weight is 1010 g/mol. The molecule has 0 aliphatic carbocycles. The van der Waals surface area contributed by atoms with Crippen molar-refractivity contribution < 1.29 is 90.6 Å². The van der Waals surface area contributed by atoms with Gasteiger partial charge in [0, 0.05) is 67.3 Å². The Balaban J connectivity index is 2.27. The van der Waals surface area contributed by atoms with Crippen LogP contribution in [-0.4, -0.2) is 180 Å². The zero-order valence-electron chi connectivity index (χ0n) is 43.8. The van der Waals surface area contributed by atoms with Crippen LogP contribution in [-0.2, 0) is 85.5 Å². The highest BCUT2D eigenvalue weighted by atomic mass is 16.8. The first-order valence-electron chi connectivity index (χ1n) is 26.1. The van der Waals surface area contributed by atoms with Gasteiger partial charge in [-0.25, -0.2) is 0 Å². The summed E-state index contributed by atoms with van der Waals surface area (Å²) >= 11 is 0. The number of esters is 3. The van der Waals surface area contributed by atoms with Gasteiger partial charge in [-0.15, -0.1) is 0 Å². The van der Waals surface area contributed by atoms with Crippen LogP contribution in [0.4, 0.5) is 0 Å². The molecule has 1 amide bonds. The van der Waals surface area contributed by atoms with E-state index < -0.39 is 122 Å². The number of aliphatic hydroxyl groups is 1. The second-order valence-electron chi connectivity index (χ2n) is 18.1. The molecule has 3 fully saturated rings. The van der Waals surface area contributed by atoms with Gasteiger partial charge < -0.3 is 76.7 Å². The lowest BCUT2D eigenvalue weighted by atomic mass is 9.94. The molecule has 3 rings (SSSR count). The van der Waals surface area contributed by atoms with Crippen molar-refractivity contribution in [1.29, 1.82) is 0 Å². The summed E-state index contributed by atoms with van der Waals surface area (Å²) in [5.74, 6) is -2.67. The second-order valence-corrected chi connectivity index (χ2v) is 18.1. The molecule has 3 aliphatic rings. The van der Waals surface area contributed by atoms with Gasteiger partial charge in [0.1, 0.15) is 67.6 Å². The Kier molecular flexibility index (Phi) is 30.6. The Bertz CT molecular complexity index is 1460. The fraction of sp³-hybridized carbons (Fsp3) is 0.920. The van der Waals surface area contributed by atoms with E-state index in [9.17, 15) is 24.3 Å². The van der Waals surface area contributed by atoms with Gasteiger partial charge in [0.05, 0.1) is 13.2 Å². The summed E-state index contributed by atoms with van der Waals surface area (Å²) < 4.78 is 89.8. The van der Waals surface area contributed by atoms with Crippen LogP contribution in [0.1, 0.15) is 146 Å². The molecule has 0 aromatic rings. The van der Waals surface area contributed by atoms with Crippen LogP contribution < -0.4 is 5.32 Å². The first-order chi connectivity index (χ1) is 33.7. The summed E-state index contributed by atoms with van der Waals surface area (Å²) in [5.41, 5.74) is 0. The maximum atomic E-state index is 13.0. The highest BCUT2D eigenvalue weighted by Gasteiger charge is 2.57. The third-order valence-corrected chi connectivity index (χ3v) is 11.9. The molecule has 2 N–H and O–H groups in total. The maximum Gasteiger partial charge on any atom is 0.303 e. The molecule has 15 atom stereocenters. The fourth-order valence-corrected chi connectivity index (χ4v) is 8.28. The SMILES string of the molecule is CCCCOCC1O[C@@H](O)C(OCCCC)C(OCCCC)[C@@H]1OC1OC(COCCCC)[C@H](O[C@@H]2OC(COC(C)=O)[C@H](OC(C)=O)C(OC(C)=O)[C@@H]2NC(C)=O)[C@H](OCCCC)[C@@H]1OCCCC.